The third kappa shape index (κ3) is 2.22. The minimum atomic E-state index is -0.0604. The molecular weight excluding hydrogens is 282 g/mol. The van der Waals surface area contributed by atoms with Gasteiger partial charge in [0.25, 0.3) is 0 Å². The van der Waals surface area contributed by atoms with Crippen molar-refractivity contribution in [3.8, 4) is 0 Å². The average molecular weight is 305 g/mol. The van der Waals surface area contributed by atoms with Crippen molar-refractivity contribution in [3.63, 3.8) is 0 Å². The van der Waals surface area contributed by atoms with Gasteiger partial charge < -0.3 is 4.90 Å². The monoisotopic (exact) mass is 305 g/mol. The van der Waals surface area contributed by atoms with Crippen LogP contribution in [0.2, 0.25) is 0 Å². The Morgan fingerprint density at radius 1 is 1.24 bits per heavy atom. The second-order valence-corrected chi connectivity index (χ2v) is 7.49. The van der Waals surface area contributed by atoms with Crippen LogP contribution in [0, 0.1) is 0 Å². The third-order valence-electron chi connectivity index (χ3n) is 5.30. The van der Waals surface area contributed by atoms with Crippen LogP contribution in [-0.4, -0.2) is 46.9 Å². The molecule has 4 nitrogen and oxygen atoms in total. The molecule has 3 aliphatic rings. The molecule has 0 spiro atoms. The summed E-state index contributed by atoms with van der Waals surface area (Å²) in [7, 11) is 0. The molecule has 0 bridgehead atoms. The van der Waals surface area contributed by atoms with Crippen LogP contribution in [0.1, 0.15) is 43.6 Å². The number of hydrogen-bond donors (Lipinski definition) is 1. The number of nitrogens with zero attached hydrogens (tertiary/aromatic N) is 2. The molecule has 4 heterocycles. The van der Waals surface area contributed by atoms with Crippen LogP contribution >= 0.6 is 11.3 Å². The van der Waals surface area contributed by atoms with Crippen LogP contribution in [0.3, 0.4) is 0 Å². The first-order valence-electron chi connectivity index (χ1n) is 8.11. The van der Waals surface area contributed by atoms with E-state index in [4.69, 9.17) is 0 Å². The maximum atomic E-state index is 12.7. The van der Waals surface area contributed by atoms with Gasteiger partial charge in [0, 0.05) is 17.5 Å². The van der Waals surface area contributed by atoms with E-state index < -0.39 is 0 Å². The van der Waals surface area contributed by atoms with E-state index in [2.05, 4.69) is 32.6 Å². The lowest BCUT2D eigenvalue weighted by Crippen LogP contribution is -2.49. The summed E-state index contributed by atoms with van der Waals surface area (Å²) in [5, 5.41) is 5.60. The van der Waals surface area contributed by atoms with Gasteiger partial charge in [-0.05, 0) is 44.2 Å². The highest BCUT2D eigenvalue weighted by Gasteiger charge is 2.47. The van der Waals surface area contributed by atoms with E-state index in [1.807, 2.05) is 6.92 Å². The lowest BCUT2D eigenvalue weighted by atomic mass is 9.97. The van der Waals surface area contributed by atoms with Crippen LogP contribution < -0.4 is 5.32 Å². The third-order valence-corrected chi connectivity index (χ3v) is 6.23. The number of nitrogens with one attached hydrogen (secondary N) is 1. The number of fused-ring (bicyclic) bond motifs is 1. The standard InChI is InChI=1S/C16H23N3OS/c1-11-16(20)19(15(17-11)14-6-4-10-21-14)13-7-9-18-8-3-2-5-12(13)18/h4,6,10-13,15,17H,2-3,5,7-9H2,1H3. The summed E-state index contributed by atoms with van der Waals surface area (Å²) in [6.07, 6.45) is 5.10. The molecule has 3 aliphatic heterocycles. The summed E-state index contributed by atoms with van der Waals surface area (Å²) in [5.41, 5.74) is 0. The van der Waals surface area contributed by atoms with Crippen molar-refractivity contribution < 1.29 is 4.79 Å². The highest BCUT2D eigenvalue weighted by atomic mass is 32.1. The molecule has 1 amide bonds. The van der Waals surface area contributed by atoms with E-state index in [-0.39, 0.29) is 18.1 Å². The van der Waals surface area contributed by atoms with Crippen LogP contribution in [-0.2, 0) is 4.79 Å². The summed E-state index contributed by atoms with van der Waals surface area (Å²) < 4.78 is 0. The zero-order valence-corrected chi connectivity index (χ0v) is 13.3. The van der Waals surface area contributed by atoms with Gasteiger partial charge in [0.1, 0.15) is 6.17 Å². The fourth-order valence-electron chi connectivity index (χ4n) is 4.31. The van der Waals surface area contributed by atoms with E-state index in [9.17, 15) is 4.79 Å². The van der Waals surface area contributed by atoms with Crippen molar-refractivity contribution in [1.29, 1.82) is 0 Å². The Balaban J connectivity index is 1.63. The Morgan fingerprint density at radius 3 is 2.95 bits per heavy atom. The maximum absolute atomic E-state index is 12.7. The summed E-state index contributed by atoms with van der Waals surface area (Å²) >= 11 is 1.75. The van der Waals surface area contributed by atoms with Gasteiger partial charge in [-0.1, -0.05) is 12.5 Å². The number of amides is 1. The fraction of sp³-hybridized carbons (Fsp3) is 0.688. The molecule has 0 saturated carbocycles. The highest BCUT2D eigenvalue weighted by Crippen LogP contribution is 2.38. The lowest BCUT2D eigenvalue weighted by Gasteiger charge is -2.38. The van der Waals surface area contributed by atoms with E-state index in [1.54, 1.807) is 11.3 Å². The molecule has 114 valence electrons. The van der Waals surface area contributed by atoms with Gasteiger partial charge in [-0.15, -0.1) is 11.3 Å². The van der Waals surface area contributed by atoms with Crippen molar-refractivity contribution in [2.45, 2.75) is 56.9 Å². The minimum absolute atomic E-state index is 0.0604. The summed E-state index contributed by atoms with van der Waals surface area (Å²) in [6, 6.07) is 5.14. The van der Waals surface area contributed by atoms with Crippen LogP contribution in [0.5, 0.6) is 0 Å². The van der Waals surface area contributed by atoms with Crippen LogP contribution in [0.4, 0.5) is 0 Å². The van der Waals surface area contributed by atoms with Gasteiger partial charge in [0.05, 0.1) is 12.1 Å². The summed E-state index contributed by atoms with van der Waals surface area (Å²) in [6.45, 7) is 4.37. The fourth-order valence-corrected chi connectivity index (χ4v) is 5.09. The molecule has 1 N–H and O–H groups in total. The molecule has 4 unspecified atom stereocenters. The quantitative estimate of drug-likeness (QED) is 0.910. The number of rotatable bonds is 2. The normalized spacial score (nSPS) is 37.2. The van der Waals surface area contributed by atoms with Crippen LogP contribution in [0.15, 0.2) is 17.5 Å². The molecule has 1 aromatic heterocycles. The van der Waals surface area contributed by atoms with Crippen molar-refractivity contribution in [2.75, 3.05) is 13.1 Å². The summed E-state index contributed by atoms with van der Waals surface area (Å²) in [4.78, 5) is 18.8. The number of hydrogen-bond acceptors (Lipinski definition) is 4. The Bertz CT molecular complexity index is 518. The molecule has 3 fully saturated rings. The predicted molar refractivity (Wildman–Crippen MR) is 84.1 cm³/mol. The molecule has 4 rings (SSSR count). The Labute approximate surface area is 130 Å². The van der Waals surface area contributed by atoms with E-state index in [1.165, 1.54) is 30.7 Å². The Morgan fingerprint density at radius 2 is 2.14 bits per heavy atom. The van der Waals surface area contributed by atoms with Gasteiger partial charge in [-0.25, -0.2) is 0 Å². The zero-order chi connectivity index (χ0) is 14.4. The van der Waals surface area contributed by atoms with E-state index in [0.717, 1.165) is 13.0 Å². The SMILES string of the molecule is CC1NC(c2cccs2)N(C2CCN3CCCCC23)C1=O. The van der Waals surface area contributed by atoms with E-state index >= 15 is 0 Å². The van der Waals surface area contributed by atoms with Gasteiger partial charge in [0.2, 0.25) is 5.91 Å². The molecule has 0 aliphatic carbocycles. The molecule has 0 radical (unpaired) electrons. The Hall–Kier alpha value is -0.910. The second-order valence-electron chi connectivity index (χ2n) is 6.51. The lowest BCUT2D eigenvalue weighted by molar-refractivity contribution is -0.132. The maximum Gasteiger partial charge on any atom is 0.241 e. The smallest absolute Gasteiger partial charge is 0.241 e. The molecule has 3 saturated heterocycles. The molecular formula is C16H23N3OS. The largest absolute Gasteiger partial charge is 0.316 e. The van der Waals surface area contributed by atoms with Crippen molar-refractivity contribution >= 4 is 17.2 Å². The number of thiophene rings is 1. The number of piperidine rings is 1. The zero-order valence-electron chi connectivity index (χ0n) is 12.5. The summed E-state index contributed by atoms with van der Waals surface area (Å²) in [5.74, 6) is 0.283. The van der Waals surface area contributed by atoms with Crippen LogP contribution in [0.25, 0.3) is 0 Å². The minimum Gasteiger partial charge on any atom is -0.316 e. The molecule has 5 heteroatoms. The van der Waals surface area contributed by atoms with Gasteiger partial charge in [0.15, 0.2) is 0 Å². The highest BCUT2D eigenvalue weighted by molar-refractivity contribution is 7.10. The van der Waals surface area contributed by atoms with Gasteiger partial charge in [-0.2, -0.15) is 0 Å². The first-order chi connectivity index (χ1) is 10.3. The molecule has 4 atom stereocenters. The Kier molecular flexibility index (Phi) is 3.52. The number of carbonyl (C=O) groups is 1. The molecule has 0 aromatic carbocycles. The van der Waals surface area contributed by atoms with Gasteiger partial charge in [-0.3, -0.25) is 15.0 Å². The van der Waals surface area contributed by atoms with Crippen molar-refractivity contribution in [1.82, 2.24) is 15.1 Å². The average Bonchev–Trinajstić information content (AvgIpc) is 3.20. The topological polar surface area (TPSA) is 35.6 Å². The van der Waals surface area contributed by atoms with E-state index in [0.29, 0.717) is 12.1 Å². The molecule has 1 aromatic rings. The van der Waals surface area contributed by atoms with Crippen molar-refractivity contribution in [2.24, 2.45) is 0 Å². The first-order valence-corrected chi connectivity index (χ1v) is 8.99. The van der Waals surface area contributed by atoms with Gasteiger partial charge >= 0.3 is 0 Å². The first kappa shape index (κ1) is 13.7. The number of carbonyl (C=O) groups excluding carboxylic acids is 1. The second kappa shape index (κ2) is 5.38. The molecule has 21 heavy (non-hydrogen) atoms. The van der Waals surface area contributed by atoms with Crippen molar-refractivity contribution in [3.05, 3.63) is 22.4 Å². The predicted octanol–water partition coefficient (Wildman–Crippen LogP) is 2.19.